The minimum atomic E-state index is -0.00820. The summed E-state index contributed by atoms with van der Waals surface area (Å²) >= 11 is 0. The van der Waals surface area contributed by atoms with Crippen molar-refractivity contribution in [2.24, 2.45) is 5.73 Å². The van der Waals surface area contributed by atoms with Crippen LogP contribution >= 0.6 is 0 Å². The summed E-state index contributed by atoms with van der Waals surface area (Å²) in [5, 5.41) is 0. The van der Waals surface area contributed by atoms with E-state index in [-0.39, 0.29) is 5.54 Å². The zero-order valence-electron chi connectivity index (χ0n) is 10.9. The lowest BCUT2D eigenvalue weighted by molar-refractivity contribution is 0.226. The largest absolute Gasteiger partial charge is 0.326 e. The van der Waals surface area contributed by atoms with Crippen molar-refractivity contribution in [2.45, 2.75) is 51.1 Å². The first-order valence-corrected chi connectivity index (χ1v) is 6.80. The Morgan fingerprint density at radius 2 is 1.88 bits per heavy atom. The molecule has 0 aromatic carbocycles. The number of nitrogens with two attached hydrogens (primary N) is 1. The topological polar surface area (TPSA) is 32.5 Å². The summed E-state index contributed by atoms with van der Waals surface area (Å²) in [5.41, 5.74) is 6.03. The van der Waals surface area contributed by atoms with E-state index in [4.69, 9.17) is 5.73 Å². The van der Waals surface area contributed by atoms with Crippen LogP contribution in [0, 0.1) is 0 Å². The van der Waals surface area contributed by atoms with E-state index < -0.39 is 0 Å². The van der Waals surface area contributed by atoms with Gasteiger partial charge in [-0.3, -0.25) is 4.90 Å². The fourth-order valence-corrected chi connectivity index (χ4v) is 2.87. The Bertz CT molecular complexity index is 216. The molecule has 2 N–H and O–H groups in total. The standard InChI is InChI=1S/C13H27N3/c1-13(2,14)6-10-15-9-5-12(11-15)16-7-3-4-8-16/h12H,3-11,14H2,1-2H3. The van der Waals surface area contributed by atoms with E-state index >= 15 is 0 Å². The highest BCUT2D eigenvalue weighted by atomic mass is 15.3. The molecule has 2 fully saturated rings. The molecule has 2 heterocycles. The van der Waals surface area contributed by atoms with E-state index in [1.807, 2.05) is 0 Å². The van der Waals surface area contributed by atoms with Crippen molar-refractivity contribution in [1.29, 1.82) is 0 Å². The van der Waals surface area contributed by atoms with Crippen LogP contribution in [0.25, 0.3) is 0 Å². The first-order chi connectivity index (χ1) is 7.54. The summed E-state index contributed by atoms with van der Waals surface area (Å²) in [4.78, 5) is 5.28. The van der Waals surface area contributed by atoms with Gasteiger partial charge in [-0.25, -0.2) is 0 Å². The number of nitrogens with zero attached hydrogens (tertiary/aromatic N) is 2. The highest BCUT2D eigenvalue weighted by Gasteiger charge is 2.29. The summed E-state index contributed by atoms with van der Waals surface area (Å²) in [6.07, 6.45) is 5.30. The molecule has 2 saturated heterocycles. The van der Waals surface area contributed by atoms with Gasteiger partial charge in [-0.1, -0.05) is 0 Å². The lowest BCUT2D eigenvalue weighted by atomic mass is 10.0. The van der Waals surface area contributed by atoms with Gasteiger partial charge in [0.25, 0.3) is 0 Å². The Balaban J connectivity index is 1.71. The molecule has 0 aliphatic carbocycles. The third-order valence-electron chi connectivity index (χ3n) is 3.98. The van der Waals surface area contributed by atoms with Gasteiger partial charge >= 0.3 is 0 Å². The van der Waals surface area contributed by atoms with Gasteiger partial charge < -0.3 is 10.6 Å². The highest BCUT2D eigenvalue weighted by molar-refractivity contribution is 4.86. The molecule has 94 valence electrons. The molecule has 0 amide bonds. The molecule has 1 unspecified atom stereocenters. The van der Waals surface area contributed by atoms with Crippen molar-refractivity contribution in [3.8, 4) is 0 Å². The second kappa shape index (κ2) is 5.03. The van der Waals surface area contributed by atoms with E-state index in [1.54, 1.807) is 0 Å². The van der Waals surface area contributed by atoms with Gasteiger partial charge in [-0.15, -0.1) is 0 Å². The Morgan fingerprint density at radius 3 is 2.50 bits per heavy atom. The summed E-state index contributed by atoms with van der Waals surface area (Å²) in [7, 11) is 0. The Labute approximate surface area is 100.0 Å². The van der Waals surface area contributed by atoms with Crippen molar-refractivity contribution < 1.29 is 0 Å². The molecule has 0 radical (unpaired) electrons. The maximum absolute atomic E-state index is 6.03. The molecule has 16 heavy (non-hydrogen) atoms. The molecular formula is C13H27N3. The smallest absolute Gasteiger partial charge is 0.0235 e. The molecule has 0 aromatic rings. The van der Waals surface area contributed by atoms with E-state index in [0.29, 0.717) is 0 Å². The van der Waals surface area contributed by atoms with Crippen LogP contribution in [0.5, 0.6) is 0 Å². The van der Waals surface area contributed by atoms with Crippen LogP contribution < -0.4 is 5.73 Å². The molecule has 3 heteroatoms. The molecule has 0 aromatic heterocycles. The maximum atomic E-state index is 6.03. The molecular weight excluding hydrogens is 198 g/mol. The first-order valence-electron chi connectivity index (χ1n) is 6.80. The van der Waals surface area contributed by atoms with Gasteiger partial charge in [0.1, 0.15) is 0 Å². The van der Waals surface area contributed by atoms with Crippen molar-refractivity contribution in [3.05, 3.63) is 0 Å². The van der Waals surface area contributed by atoms with Crippen molar-refractivity contribution in [3.63, 3.8) is 0 Å². The monoisotopic (exact) mass is 225 g/mol. The lowest BCUT2D eigenvalue weighted by Crippen LogP contribution is -2.39. The third-order valence-corrected chi connectivity index (χ3v) is 3.98. The normalized spacial score (nSPS) is 29.1. The molecule has 3 nitrogen and oxygen atoms in total. The van der Waals surface area contributed by atoms with Crippen LogP contribution in [0.15, 0.2) is 0 Å². The summed E-state index contributed by atoms with van der Waals surface area (Å²) in [6, 6.07) is 0.836. The highest BCUT2D eigenvalue weighted by Crippen LogP contribution is 2.21. The number of likely N-dealkylation sites (tertiary alicyclic amines) is 2. The number of hydrogen-bond acceptors (Lipinski definition) is 3. The minimum Gasteiger partial charge on any atom is -0.326 e. The molecule has 0 spiro atoms. The van der Waals surface area contributed by atoms with Gasteiger partial charge in [0.2, 0.25) is 0 Å². The average molecular weight is 225 g/mol. The van der Waals surface area contributed by atoms with Crippen LogP contribution in [0.2, 0.25) is 0 Å². The summed E-state index contributed by atoms with van der Waals surface area (Å²) < 4.78 is 0. The van der Waals surface area contributed by atoms with Crippen LogP contribution in [-0.4, -0.2) is 54.1 Å². The van der Waals surface area contributed by atoms with Gasteiger partial charge in [-0.05, 0) is 65.7 Å². The van der Waals surface area contributed by atoms with Crippen LogP contribution in [0.4, 0.5) is 0 Å². The minimum absolute atomic E-state index is 0.00820. The number of rotatable bonds is 4. The third kappa shape index (κ3) is 3.44. The van der Waals surface area contributed by atoms with E-state index in [1.165, 1.54) is 52.0 Å². The van der Waals surface area contributed by atoms with E-state index in [2.05, 4.69) is 23.6 Å². The molecule has 0 bridgehead atoms. The molecule has 2 aliphatic rings. The van der Waals surface area contributed by atoms with Crippen LogP contribution in [-0.2, 0) is 0 Å². The maximum Gasteiger partial charge on any atom is 0.0235 e. The zero-order chi connectivity index (χ0) is 11.6. The molecule has 2 aliphatic heterocycles. The average Bonchev–Trinajstić information content (AvgIpc) is 2.84. The Morgan fingerprint density at radius 1 is 1.19 bits per heavy atom. The lowest BCUT2D eigenvalue weighted by Gasteiger charge is -2.25. The molecule has 1 atom stereocenters. The first kappa shape index (κ1) is 12.3. The van der Waals surface area contributed by atoms with E-state index in [0.717, 1.165) is 12.5 Å². The van der Waals surface area contributed by atoms with Crippen LogP contribution in [0.1, 0.15) is 39.5 Å². The molecule has 0 saturated carbocycles. The summed E-state index contributed by atoms with van der Waals surface area (Å²) in [6.45, 7) is 10.6. The predicted molar refractivity (Wildman–Crippen MR) is 68.5 cm³/mol. The fourth-order valence-electron chi connectivity index (χ4n) is 2.87. The van der Waals surface area contributed by atoms with Gasteiger partial charge in [0, 0.05) is 18.1 Å². The van der Waals surface area contributed by atoms with Crippen LogP contribution in [0.3, 0.4) is 0 Å². The quantitative estimate of drug-likeness (QED) is 0.782. The van der Waals surface area contributed by atoms with Gasteiger partial charge in [-0.2, -0.15) is 0 Å². The zero-order valence-corrected chi connectivity index (χ0v) is 10.9. The van der Waals surface area contributed by atoms with Crippen molar-refractivity contribution in [1.82, 2.24) is 9.80 Å². The fraction of sp³-hybridized carbons (Fsp3) is 1.00. The SMILES string of the molecule is CC(C)(N)CCN1CCC(N2CCCC2)C1. The predicted octanol–water partition coefficient (Wildman–Crippen LogP) is 1.28. The Hall–Kier alpha value is -0.120. The number of hydrogen-bond donors (Lipinski definition) is 1. The van der Waals surface area contributed by atoms with Crippen molar-refractivity contribution in [2.75, 3.05) is 32.7 Å². The van der Waals surface area contributed by atoms with Gasteiger partial charge in [0.15, 0.2) is 0 Å². The Kier molecular flexibility index (Phi) is 3.88. The second-order valence-corrected chi connectivity index (χ2v) is 6.22. The summed E-state index contributed by atoms with van der Waals surface area (Å²) in [5.74, 6) is 0. The van der Waals surface area contributed by atoms with Gasteiger partial charge in [0.05, 0.1) is 0 Å². The second-order valence-electron chi connectivity index (χ2n) is 6.22. The van der Waals surface area contributed by atoms with Crippen molar-refractivity contribution >= 4 is 0 Å². The molecule has 2 rings (SSSR count). The van der Waals surface area contributed by atoms with E-state index in [9.17, 15) is 0 Å².